The van der Waals surface area contributed by atoms with E-state index in [2.05, 4.69) is 19.1 Å². The van der Waals surface area contributed by atoms with Crippen LogP contribution in [-0.4, -0.2) is 25.7 Å². The van der Waals surface area contributed by atoms with Crippen LogP contribution < -0.4 is 0 Å². The second-order valence-electron chi connectivity index (χ2n) is 7.66. The third kappa shape index (κ3) is 16.8. The van der Waals surface area contributed by atoms with E-state index in [1.807, 2.05) is 6.92 Å². The Hall–Kier alpha value is -1.32. The fraction of sp³-hybridized carbons (Fsp3) is 0.833. The number of carbonyl (C=O) groups excluding carboxylic acids is 2. The Morgan fingerprint density at radius 1 is 0.786 bits per heavy atom. The van der Waals surface area contributed by atoms with Crippen LogP contribution in [0.2, 0.25) is 0 Å². The molecule has 0 aliphatic carbocycles. The van der Waals surface area contributed by atoms with Gasteiger partial charge in [0.25, 0.3) is 0 Å². The Balaban J connectivity index is 3.69. The Morgan fingerprint density at radius 2 is 1.36 bits per heavy atom. The van der Waals surface area contributed by atoms with Crippen LogP contribution in [0.15, 0.2) is 12.2 Å². The molecule has 0 aliphatic rings. The van der Waals surface area contributed by atoms with Gasteiger partial charge in [0, 0.05) is 0 Å². The Morgan fingerprint density at radius 3 is 1.93 bits per heavy atom. The van der Waals surface area contributed by atoms with Crippen molar-refractivity contribution in [3.05, 3.63) is 12.2 Å². The van der Waals surface area contributed by atoms with Crippen molar-refractivity contribution in [3.63, 3.8) is 0 Å². The summed E-state index contributed by atoms with van der Waals surface area (Å²) >= 11 is 0. The lowest BCUT2D eigenvalue weighted by Gasteiger charge is -2.13. The zero-order valence-corrected chi connectivity index (χ0v) is 18.7. The quantitative estimate of drug-likeness (QED) is 0.137. The Bertz CT molecular complexity index is 403. The predicted octanol–water partition coefficient (Wildman–Crippen LogP) is 6.77. The average Bonchev–Trinajstić information content (AvgIpc) is 2.70. The summed E-state index contributed by atoms with van der Waals surface area (Å²) in [6.45, 7) is 4.62. The van der Waals surface area contributed by atoms with Gasteiger partial charge in [-0.25, -0.2) is 0 Å². The highest BCUT2D eigenvalue weighted by atomic mass is 16.5. The smallest absolute Gasteiger partial charge is 0.309 e. The number of unbranched alkanes of at least 4 members (excludes halogenated alkanes) is 10. The van der Waals surface area contributed by atoms with Gasteiger partial charge in [0.1, 0.15) is 0 Å². The molecule has 1 atom stereocenters. The van der Waals surface area contributed by atoms with E-state index in [1.165, 1.54) is 58.5 Å². The number of rotatable bonds is 19. The summed E-state index contributed by atoms with van der Waals surface area (Å²) < 4.78 is 9.92. The SMILES string of the molecule is CCCCCCCC/C=C\CCCCCCC(CC(=O)OCCC)C(=O)OC. The maximum absolute atomic E-state index is 11.8. The third-order valence-electron chi connectivity index (χ3n) is 4.98. The lowest BCUT2D eigenvalue weighted by atomic mass is 9.97. The fourth-order valence-electron chi connectivity index (χ4n) is 3.23. The lowest BCUT2D eigenvalue weighted by Crippen LogP contribution is -2.21. The molecule has 0 bridgehead atoms. The molecule has 0 aromatic rings. The minimum atomic E-state index is -0.369. The van der Waals surface area contributed by atoms with E-state index in [-0.39, 0.29) is 24.3 Å². The summed E-state index contributed by atoms with van der Waals surface area (Å²) in [5, 5.41) is 0. The first kappa shape index (κ1) is 26.7. The van der Waals surface area contributed by atoms with Gasteiger partial charge in [-0.1, -0.05) is 77.4 Å². The zero-order chi connectivity index (χ0) is 20.9. The van der Waals surface area contributed by atoms with Gasteiger partial charge in [0.05, 0.1) is 26.1 Å². The van der Waals surface area contributed by atoms with Gasteiger partial charge in [0.15, 0.2) is 0 Å². The molecular weight excluding hydrogens is 352 g/mol. The van der Waals surface area contributed by atoms with Crippen molar-refractivity contribution in [2.24, 2.45) is 5.92 Å². The molecule has 4 heteroatoms. The zero-order valence-electron chi connectivity index (χ0n) is 18.7. The second-order valence-corrected chi connectivity index (χ2v) is 7.66. The van der Waals surface area contributed by atoms with Gasteiger partial charge in [-0.05, 0) is 38.5 Å². The number of allylic oxidation sites excluding steroid dienone is 2. The van der Waals surface area contributed by atoms with Crippen LogP contribution in [0, 0.1) is 5.92 Å². The topological polar surface area (TPSA) is 52.6 Å². The minimum absolute atomic E-state index is 0.133. The van der Waals surface area contributed by atoms with Gasteiger partial charge in [0.2, 0.25) is 0 Å². The summed E-state index contributed by atoms with van der Waals surface area (Å²) in [6, 6.07) is 0. The maximum atomic E-state index is 11.8. The molecule has 0 fully saturated rings. The highest BCUT2D eigenvalue weighted by Gasteiger charge is 2.22. The van der Waals surface area contributed by atoms with E-state index in [0.29, 0.717) is 13.0 Å². The van der Waals surface area contributed by atoms with Crippen LogP contribution in [0.4, 0.5) is 0 Å². The molecule has 0 N–H and O–H groups in total. The highest BCUT2D eigenvalue weighted by molar-refractivity contribution is 5.79. The fourth-order valence-corrected chi connectivity index (χ4v) is 3.23. The van der Waals surface area contributed by atoms with Crippen molar-refractivity contribution < 1.29 is 19.1 Å². The minimum Gasteiger partial charge on any atom is -0.469 e. The molecular formula is C24H44O4. The van der Waals surface area contributed by atoms with Gasteiger partial charge in [-0.2, -0.15) is 0 Å². The second kappa shape index (κ2) is 20.4. The van der Waals surface area contributed by atoms with Gasteiger partial charge < -0.3 is 9.47 Å². The highest BCUT2D eigenvalue weighted by Crippen LogP contribution is 2.17. The van der Waals surface area contributed by atoms with Crippen LogP contribution in [-0.2, 0) is 19.1 Å². The molecule has 4 nitrogen and oxygen atoms in total. The van der Waals surface area contributed by atoms with Crippen LogP contribution in [0.3, 0.4) is 0 Å². The van der Waals surface area contributed by atoms with Crippen molar-refractivity contribution in [2.45, 2.75) is 110 Å². The average molecular weight is 397 g/mol. The van der Waals surface area contributed by atoms with Crippen molar-refractivity contribution in [2.75, 3.05) is 13.7 Å². The Labute approximate surface area is 173 Å². The van der Waals surface area contributed by atoms with Crippen LogP contribution in [0.5, 0.6) is 0 Å². The number of carbonyl (C=O) groups is 2. The molecule has 0 aliphatic heterocycles. The van der Waals surface area contributed by atoms with E-state index in [0.717, 1.165) is 32.1 Å². The number of ether oxygens (including phenoxy) is 2. The number of methoxy groups -OCH3 is 1. The normalized spacial score (nSPS) is 12.2. The monoisotopic (exact) mass is 396 g/mol. The summed E-state index contributed by atoms with van der Waals surface area (Å²) in [4.78, 5) is 23.6. The first-order chi connectivity index (χ1) is 13.7. The van der Waals surface area contributed by atoms with Gasteiger partial charge >= 0.3 is 11.9 Å². The van der Waals surface area contributed by atoms with Gasteiger partial charge in [-0.15, -0.1) is 0 Å². The van der Waals surface area contributed by atoms with E-state index >= 15 is 0 Å². The van der Waals surface area contributed by atoms with E-state index in [1.54, 1.807) is 0 Å². The van der Waals surface area contributed by atoms with Crippen molar-refractivity contribution in [1.29, 1.82) is 0 Å². The molecule has 0 aromatic carbocycles. The molecule has 0 aromatic heterocycles. The lowest BCUT2D eigenvalue weighted by molar-refractivity contribution is -0.153. The number of esters is 2. The summed E-state index contributed by atoms with van der Waals surface area (Å²) in [5.41, 5.74) is 0. The number of hydrogen-bond donors (Lipinski definition) is 0. The summed E-state index contributed by atoms with van der Waals surface area (Å²) in [6.07, 6.45) is 21.1. The van der Waals surface area contributed by atoms with Crippen LogP contribution in [0.1, 0.15) is 110 Å². The van der Waals surface area contributed by atoms with Gasteiger partial charge in [-0.3, -0.25) is 9.59 Å². The Kier molecular flexibility index (Phi) is 19.5. The van der Waals surface area contributed by atoms with Crippen LogP contribution in [0.25, 0.3) is 0 Å². The largest absolute Gasteiger partial charge is 0.469 e. The van der Waals surface area contributed by atoms with Crippen molar-refractivity contribution >= 4 is 11.9 Å². The van der Waals surface area contributed by atoms with Crippen LogP contribution >= 0.6 is 0 Å². The molecule has 0 rings (SSSR count). The van der Waals surface area contributed by atoms with Crippen molar-refractivity contribution in [1.82, 2.24) is 0 Å². The molecule has 0 saturated carbocycles. The number of hydrogen-bond acceptors (Lipinski definition) is 4. The van der Waals surface area contributed by atoms with E-state index in [9.17, 15) is 9.59 Å². The predicted molar refractivity (Wildman–Crippen MR) is 116 cm³/mol. The summed E-state index contributed by atoms with van der Waals surface area (Å²) in [5.74, 6) is -0.967. The maximum Gasteiger partial charge on any atom is 0.309 e. The standard InChI is InChI=1S/C24H44O4/c1-4-6-7-8-9-10-11-12-13-14-15-16-17-18-19-22(24(26)27-3)21-23(25)28-20-5-2/h12-13,22H,4-11,14-21H2,1-3H3/b13-12-. The molecule has 1 unspecified atom stereocenters. The van der Waals surface area contributed by atoms with Crippen molar-refractivity contribution in [3.8, 4) is 0 Å². The molecule has 0 heterocycles. The van der Waals surface area contributed by atoms with E-state index in [4.69, 9.17) is 9.47 Å². The molecule has 164 valence electrons. The van der Waals surface area contributed by atoms with E-state index < -0.39 is 0 Å². The third-order valence-corrected chi connectivity index (χ3v) is 4.98. The first-order valence-electron chi connectivity index (χ1n) is 11.5. The molecule has 0 radical (unpaired) electrons. The first-order valence-corrected chi connectivity index (χ1v) is 11.5. The molecule has 0 saturated heterocycles. The molecule has 0 amide bonds. The summed E-state index contributed by atoms with van der Waals surface area (Å²) in [7, 11) is 1.38. The molecule has 28 heavy (non-hydrogen) atoms. The molecule has 0 spiro atoms.